The highest BCUT2D eigenvalue weighted by atomic mass is 16.6. The predicted molar refractivity (Wildman–Crippen MR) is 355 cm³/mol. The number of nitrogens with zero attached hydrogens (tertiary/aromatic N) is 3. The Morgan fingerprint density at radius 1 is 0.684 bits per heavy atom. The predicted octanol–water partition coefficient (Wildman–Crippen LogP) is 8.40. The number of carbonyl (C=O) groups excluding carboxylic acids is 8. The largest absolute Gasteiger partial charge is 0.491 e. The number of aryl methyl sites for hydroxylation is 2. The molecule has 2 heterocycles. The lowest BCUT2D eigenvalue weighted by Crippen LogP contribution is -2.55. The minimum atomic E-state index is -1.76. The highest BCUT2D eigenvalue weighted by Crippen LogP contribution is 2.46. The number of alkyl carbamates (subject to hydrolysis) is 3. The molecule has 0 aliphatic carbocycles. The van der Waals surface area contributed by atoms with Crippen LogP contribution >= 0.6 is 0 Å². The Morgan fingerprint density at radius 2 is 1.27 bits per heavy atom. The number of aliphatic hydroxyl groups excluding tert-OH is 1. The number of benzene rings is 4. The number of esters is 1. The monoisotopic (exact) mass is 1320 g/mol. The molecule has 6 rings (SSSR count). The van der Waals surface area contributed by atoms with Crippen molar-refractivity contribution in [3.63, 3.8) is 0 Å². The molecule has 4 bridgehead atoms. The fourth-order valence-corrected chi connectivity index (χ4v) is 9.96. The number of hydrogen-bond acceptors (Lipinski definition) is 18. The number of methoxy groups -OCH3 is 1. The van der Waals surface area contributed by atoms with Crippen LogP contribution in [0.15, 0.2) is 84.9 Å². The van der Waals surface area contributed by atoms with E-state index < -0.39 is 102 Å². The minimum absolute atomic E-state index is 0.0139. The summed E-state index contributed by atoms with van der Waals surface area (Å²) in [6.07, 6.45) is -4.15. The van der Waals surface area contributed by atoms with Gasteiger partial charge in [0.2, 0.25) is 17.7 Å². The molecule has 0 unspecified atom stereocenters. The van der Waals surface area contributed by atoms with Gasteiger partial charge in [-0.25, -0.2) is 29.1 Å². The van der Waals surface area contributed by atoms with Crippen molar-refractivity contribution in [1.82, 2.24) is 46.8 Å². The fourth-order valence-electron chi connectivity index (χ4n) is 9.96. The Balaban J connectivity index is 1.57. The van der Waals surface area contributed by atoms with E-state index in [-0.39, 0.29) is 102 Å². The molecule has 7 N–H and O–H groups in total. The van der Waals surface area contributed by atoms with Gasteiger partial charge in [-0.15, -0.1) is 0 Å². The summed E-state index contributed by atoms with van der Waals surface area (Å²) in [5.41, 5.74) is 1.34. The Labute approximate surface area is 555 Å². The fraction of sp³-hybridized carbons (Fsp3) is 0.486. The third-order valence-corrected chi connectivity index (χ3v) is 14.5. The van der Waals surface area contributed by atoms with Gasteiger partial charge in [-0.2, -0.15) is 0 Å². The number of nitrogens with one attached hydrogen (secondary N) is 6. The van der Waals surface area contributed by atoms with Gasteiger partial charge in [-0.05, 0) is 141 Å². The van der Waals surface area contributed by atoms with Gasteiger partial charge < -0.3 is 75.1 Å². The maximum Gasteiger partial charge on any atom is 0.407 e. The minimum Gasteiger partial charge on any atom is -0.491 e. The van der Waals surface area contributed by atoms with Crippen LogP contribution in [0, 0.1) is 13.8 Å². The zero-order valence-corrected chi connectivity index (χ0v) is 57.5. The lowest BCUT2D eigenvalue weighted by Gasteiger charge is -2.33. The van der Waals surface area contributed by atoms with Crippen molar-refractivity contribution in [2.24, 2.45) is 0 Å². The number of likely N-dealkylation sites (N-methyl/N-ethyl adjacent to an activating group) is 1. The van der Waals surface area contributed by atoms with E-state index in [1.165, 1.54) is 20.0 Å². The van der Waals surface area contributed by atoms with E-state index in [1.54, 1.807) is 100 Å². The van der Waals surface area contributed by atoms with Crippen molar-refractivity contribution in [3.05, 3.63) is 124 Å². The zero-order valence-electron chi connectivity index (χ0n) is 57.5. The van der Waals surface area contributed by atoms with Crippen LogP contribution in [0.1, 0.15) is 146 Å². The number of rotatable bonds is 21. The summed E-state index contributed by atoms with van der Waals surface area (Å²) in [5.74, 6) is -3.77. The summed E-state index contributed by atoms with van der Waals surface area (Å²) in [7, 11) is 2.47. The smallest absolute Gasteiger partial charge is 0.407 e. The first kappa shape index (κ1) is 74.5. The van der Waals surface area contributed by atoms with Crippen LogP contribution in [0.3, 0.4) is 0 Å². The van der Waals surface area contributed by atoms with E-state index in [2.05, 4.69) is 52.7 Å². The summed E-state index contributed by atoms with van der Waals surface area (Å²) >= 11 is 0. The Bertz CT molecular complexity index is 3530. The summed E-state index contributed by atoms with van der Waals surface area (Å²) in [5, 5.41) is 27.7. The SMILES string of the molecule is COC(=O)[C@@H]1Cc2ccc(OCCNC(=O)OC(C)(C)C)c(c2)-c2cc(cc(OC[C@H](O)CNC(=O)OC(C)(C)C)c2OCc2ccccc2)[C@H](N(C)C(=O)[C@H](CCNC(=O)OC(C)(C)C)NC(=O)c2c(C)nc(-c3ccc(C(C)(C)C)cc3)nc2C)C(=O)N[C@@H](C)C(=O)N1. The summed E-state index contributed by atoms with van der Waals surface area (Å²) in [6, 6.07) is 18.8. The molecule has 1 aromatic heterocycles. The van der Waals surface area contributed by atoms with Crippen LogP contribution in [0.4, 0.5) is 14.4 Å². The molecule has 514 valence electrons. The van der Waals surface area contributed by atoms with E-state index in [9.17, 15) is 33.9 Å². The number of fused-ring (bicyclic) bond motifs is 5. The average Bonchev–Trinajstić information content (AvgIpc) is 0.774. The van der Waals surface area contributed by atoms with Crippen LogP contribution in [-0.4, -0.2) is 156 Å². The number of amides is 7. The average molecular weight is 1320 g/mol. The maximum atomic E-state index is 15.8. The lowest BCUT2D eigenvalue weighted by atomic mass is 9.86. The summed E-state index contributed by atoms with van der Waals surface area (Å²) in [4.78, 5) is 123. The molecule has 0 saturated heterocycles. The molecular weight excluding hydrogens is 1220 g/mol. The molecule has 5 aromatic rings. The number of aliphatic hydroxyl groups is 1. The van der Waals surface area contributed by atoms with E-state index in [1.807, 2.05) is 54.6 Å². The van der Waals surface area contributed by atoms with Crippen molar-refractivity contribution < 1.29 is 76.6 Å². The molecule has 0 spiro atoms. The van der Waals surface area contributed by atoms with Gasteiger partial charge in [-0.3, -0.25) is 19.2 Å². The van der Waals surface area contributed by atoms with E-state index in [0.717, 1.165) is 17.6 Å². The van der Waals surface area contributed by atoms with Crippen molar-refractivity contribution in [1.29, 1.82) is 0 Å². The normalized spacial score (nSPS) is 15.8. The topological polar surface area (TPSA) is 323 Å². The molecule has 1 aliphatic rings. The third kappa shape index (κ3) is 22.3. The molecule has 25 heteroatoms. The summed E-state index contributed by atoms with van der Waals surface area (Å²) < 4.78 is 41.3. The van der Waals surface area contributed by atoms with Gasteiger partial charge in [-0.1, -0.05) is 81.4 Å². The Morgan fingerprint density at radius 3 is 1.85 bits per heavy atom. The van der Waals surface area contributed by atoms with Crippen LogP contribution in [0.5, 0.6) is 17.2 Å². The molecule has 5 atom stereocenters. The molecule has 7 amide bonds. The first-order valence-electron chi connectivity index (χ1n) is 31.4. The second-order valence-electron chi connectivity index (χ2n) is 27.2. The second-order valence-corrected chi connectivity index (χ2v) is 27.2. The standard InChI is InChI=1S/C70H93N9O16/c1-40-55(41(2)75-58(74-40)45-24-26-47(27-25-45)67(4,5)6)60(82)77-51(29-30-71-64(86)93-68(7,8)9)62(84)79(16)56-46-35-50(57(92-38-43-21-19-18-20-22-43)54(36-46)91-39-48(80)37-73-66(88)95-70(13,14)15)49-33-44(23-28-53(49)90-32-31-72-65(87)94-69(10,11)12)34-52(63(85)89-17)78-59(81)42(3)76-61(56)83/h18-28,33,35-36,42,48,51-52,56,80H,29-32,34,37-39H2,1-17H3,(H,71,86)(H,72,87)(H,73,88)(H,76,83)(H,77,82)(H,78,81)/t42-,48+,51-,52-,56-/m0/s1. The summed E-state index contributed by atoms with van der Waals surface area (Å²) in [6.45, 7) is 24.8. The highest BCUT2D eigenvalue weighted by molar-refractivity contribution is 6.01. The molecule has 4 aromatic carbocycles. The van der Waals surface area contributed by atoms with Gasteiger partial charge >= 0.3 is 24.2 Å². The van der Waals surface area contributed by atoms with Crippen molar-refractivity contribution in [3.8, 4) is 39.8 Å². The molecule has 0 saturated carbocycles. The van der Waals surface area contributed by atoms with E-state index >= 15 is 9.59 Å². The number of hydrogen-bond donors (Lipinski definition) is 7. The van der Waals surface area contributed by atoms with Crippen molar-refractivity contribution >= 4 is 47.9 Å². The Kier molecular flexibility index (Phi) is 25.2. The van der Waals surface area contributed by atoms with Crippen LogP contribution in [-0.2, 0) is 56.6 Å². The molecule has 0 radical (unpaired) electrons. The number of ether oxygens (including phenoxy) is 7. The highest BCUT2D eigenvalue weighted by Gasteiger charge is 2.38. The Hall–Kier alpha value is -9.52. The van der Waals surface area contributed by atoms with Crippen LogP contribution in [0.25, 0.3) is 22.5 Å². The van der Waals surface area contributed by atoms with Gasteiger partial charge in [0, 0.05) is 36.7 Å². The van der Waals surface area contributed by atoms with Crippen LogP contribution < -0.4 is 46.1 Å². The van der Waals surface area contributed by atoms with Crippen molar-refractivity contribution in [2.75, 3.05) is 47.0 Å². The van der Waals surface area contributed by atoms with Crippen LogP contribution in [0.2, 0.25) is 0 Å². The van der Waals surface area contributed by atoms with Crippen molar-refractivity contribution in [2.45, 2.75) is 176 Å². The van der Waals surface area contributed by atoms with Gasteiger partial charge in [0.05, 0.1) is 37.2 Å². The second kappa shape index (κ2) is 32.1. The quantitative estimate of drug-likeness (QED) is 0.0206. The molecule has 0 fully saturated rings. The van der Waals surface area contributed by atoms with Gasteiger partial charge in [0.1, 0.15) is 72.6 Å². The first-order chi connectivity index (χ1) is 44.4. The van der Waals surface area contributed by atoms with Gasteiger partial charge in [0.15, 0.2) is 17.3 Å². The van der Waals surface area contributed by atoms with Gasteiger partial charge in [0.25, 0.3) is 5.91 Å². The molecule has 95 heavy (non-hydrogen) atoms. The van der Waals surface area contributed by atoms with E-state index in [0.29, 0.717) is 22.5 Å². The zero-order chi connectivity index (χ0) is 70.3. The molecular formula is C70H93N9O16. The van der Waals surface area contributed by atoms with E-state index in [4.69, 9.17) is 43.1 Å². The number of aromatic nitrogens is 2. The maximum absolute atomic E-state index is 15.8. The third-order valence-electron chi connectivity index (χ3n) is 14.5. The first-order valence-corrected chi connectivity index (χ1v) is 31.4. The molecule has 1 aliphatic heterocycles. The number of carbonyl (C=O) groups is 8. The lowest BCUT2D eigenvalue weighted by molar-refractivity contribution is -0.145. The molecule has 25 nitrogen and oxygen atoms in total.